The number of ether oxygens (including phenoxy) is 3. The molecule has 5 heteroatoms. The zero-order valence-electron chi connectivity index (χ0n) is 12.6. The summed E-state index contributed by atoms with van der Waals surface area (Å²) >= 11 is 0. The van der Waals surface area contributed by atoms with Crippen molar-refractivity contribution in [2.75, 3.05) is 6.79 Å². The fourth-order valence-corrected chi connectivity index (χ4v) is 1.97. The Hall–Kier alpha value is -2.17. The van der Waals surface area contributed by atoms with Gasteiger partial charge in [-0.15, -0.1) is 6.58 Å². The minimum absolute atomic E-state index is 0.208. The molecule has 2 rings (SSSR count). The van der Waals surface area contributed by atoms with Crippen LogP contribution in [-0.4, -0.2) is 24.5 Å². The number of alkyl carbamates (subject to hydrolysis) is 1. The number of carbonyl (C=O) groups is 1. The zero-order chi connectivity index (χ0) is 15.5. The summed E-state index contributed by atoms with van der Waals surface area (Å²) in [6.07, 6.45) is 1.85. The standard InChI is InChI=1S/C16H21NO4/c1-5-12(17-15(18)21-16(2,3)4)8-11-6-7-13-14(9-11)20-10-19-13/h5-7,9,12H,1,8,10H2,2-4H3,(H,17,18). The topological polar surface area (TPSA) is 56.8 Å². The summed E-state index contributed by atoms with van der Waals surface area (Å²) in [5.74, 6) is 1.47. The molecule has 1 unspecified atom stereocenters. The van der Waals surface area contributed by atoms with Crippen LogP contribution in [0.5, 0.6) is 11.5 Å². The van der Waals surface area contributed by atoms with Crippen molar-refractivity contribution in [2.45, 2.75) is 38.8 Å². The first-order chi connectivity index (χ1) is 9.87. The maximum absolute atomic E-state index is 11.8. The van der Waals surface area contributed by atoms with Gasteiger partial charge in [0.05, 0.1) is 6.04 Å². The second-order valence-electron chi connectivity index (χ2n) is 5.88. The van der Waals surface area contributed by atoms with Crippen LogP contribution in [0, 0.1) is 0 Å². The lowest BCUT2D eigenvalue weighted by molar-refractivity contribution is 0.0514. The van der Waals surface area contributed by atoms with Crippen LogP contribution in [0.1, 0.15) is 26.3 Å². The second-order valence-corrected chi connectivity index (χ2v) is 5.88. The summed E-state index contributed by atoms with van der Waals surface area (Å²) in [6.45, 7) is 9.48. The van der Waals surface area contributed by atoms with Crippen molar-refractivity contribution in [1.29, 1.82) is 0 Å². The fraction of sp³-hybridized carbons (Fsp3) is 0.438. The quantitative estimate of drug-likeness (QED) is 0.866. The van der Waals surface area contributed by atoms with Gasteiger partial charge in [0.1, 0.15) is 5.60 Å². The fourth-order valence-electron chi connectivity index (χ4n) is 1.97. The van der Waals surface area contributed by atoms with Crippen molar-refractivity contribution in [1.82, 2.24) is 5.32 Å². The number of hydrogen-bond acceptors (Lipinski definition) is 4. The molecule has 0 bridgehead atoms. The lowest BCUT2D eigenvalue weighted by Crippen LogP contribution is -2.39. The maximum atomic E-state index is 11.8. The van der Waals surface area contributed by atoms with E-state index in [2.05, 4.69) is 11.9 Å². The van der Waals surface area contributed by atoms with Crippen molar-refractivity contribution >= 4 is 6.09 Å². The highest BCUT2D eigenvalue weighted by atomic mass is 16.7. The Kier molecular flexibility index (Phi) is 4.40. The van der Waals surface area contributed by atoms with E-state index in [0.29, 0.717) is 6.42 Å². The lowest BCUT2D eigenvalue weighted by Gasteiger charge is -2.22. The summed E-state index contributed by atoms with van der Waals surface area (Å²) < 4.78 is 15.9. The van der Waals surface area contributed by atoms with Gasteiger partial charge in [-0.05, 0) is 44.9 Å². The van der Waals surface area contributed by atoms with Crippen LogP contribution in [0.15, 0.2) is 30.9 Å². The van der Waals surface area contributed by atoms with Crippen LogP contribution >= 0.6 is 0 Å². The van der Waals surface area contributed by atoms with Crippen LogP contribution in [0.2, 0.25) is 0 Å². The normalized spacial score (nSPS) is 14.4. The first kappa shape index (κ1) is 15.2. The van der Waals surface area contributed by atoms with E-state index in [9.17, 15) is 4.79 Å². The molecule has 1 aromatic rings. The highest BCUT2D eigenvalue weighted by Crippen LogP contribution is 2.32. The Morgan fingerprint density at radius 1 is 1.43 bits per heavy atom. The van der Waals surface area contributed by atoms with E-state index in [1.54, 1.807) is 6.08 Å². The highest BCUT2D eigenvalue weighted by Gasteiger charge is 2.19. The molecule has 1 aliphatic heterocycles. The van der Waals surface area contributed by atoms with Crippen molar-refractivity contribution < 1.29 is 19.0 Å². The zero-order valence-corrected chi connectivity index (χ0v) is 12.6. The third kappa shape index (κ3) is 4.41. The first-order valence-electron chi connectivity index (χ1n) is 6.88. The predicted molar refractivity (Wildman–Crippen MR) is 79.6 cm³/mol. The van der Waals surface area contributed by atoms with Gasteiger partial charge >= 0.3 is 6.09 Å². The minimum atomic E-state index is -0.519. The van der Waals surface area contributed by atoms with Gasteiger partial charge in [0.25, 0.3) is 0 Å². The average molecular weight is 291 g/mol. The Morgan fingerprint density at radius 3 is 2.81 bits per heavy atom. The van der Waals surface area contributed by atoms with Crippen molar-refractivity contribution in [2.24, 2.45) is 0 Å². The minimum Gasteiger partial charge on any atom is -0.454 e. The van der Waals surface area contributed by atoms with Gasteiger partial charge < -0.3 is 19.5 Å². The molecule has 5 nitrogen and oxygen atoms in total. The van der Waals surface area contributed by atoms with Gasteiger partial charge in [-0.3, -0.25) is 0 Å². The van der Waals surface area contributed by atoms with E-state index in [1.165, 1.54) is 0 Å². The molecule has 0 fully saturated rings. The van der Waals surface area contributed by atoms with E-state index < -0.39 is 11.7 Å². The molecule has 0 aliphatic carbocycles. The molecule has 1 atom stereocenters. The van der Waals surface area contributed by atoms with Gasteiger partial charge in [-0.2, -0.15) is 0 Å². The summed E-state index contributed by atoms with van der Waals surface area (Å²) in [4.78, 5) is 11.8. The van der Waals surface area contributed by atoms with Crippen molar-refractivity contribution in [3.05, 3.63) is 36.4 Å². The number of rotatable bonds is 4. The van der Waals surface area contributed by atoms with Gasteiger partial charge in [-0.25, -0.2) is 4.79 Å². The summed E-state index contributed by atoms with van der Waals surface area (Å²) in [5.41, 5.74) is 0.509. The Morgan fingerprint density at radius 2 is 2.14 bits per heavy atom. The van der Waals surface area contributed by atoms with Crippen molar-refractivity contribution in [3.8, 4) is 11.5 Å². The van der Waals surface area contributed by atoms with E-state index in [-0.39, 0.29) is 12.8 Å². The number of fused-ring (bicyclic) bond motifs is 1. The number of carbonyl (C=O) groups excluding carboxylic acids is 1. The lowest BCUT2D eigenvalue weighted by atomic mass is 10.1. The molecule has 1 amide bonds. The molecular weight excluding hydrogens is 270 g/mol. The predicted octanol–water partition coefficient (Wildman–Crippen LogP) is 3.04. The average Bonchev–Trinajstić information content (AvgIpc) is 2.83. The Bertz CT molecular complexity index is 534. The summed E-state index contributed by atoms with van der Waals surface area (Å²) in [6, 6.07) is 5.52. The van der Waals surface area contributed by atoms with E-state index in [0.717, 1.165) is 17.1 Å². The molecule has 114 valence electrons. The van der Waals surface area contributed by atoms with Crippen molar-refractivity contribution in [3.63, 3.8) is 0 Å². The highest BCUT2D eigenvalue weighted by molar-refractivity contribution is 5.68. The van der Waals surface area contributed by atoms with Crippen LogP contribution in [0.3, 0.4) is 0 Å². The molecule has 0 aromatic heterocycles. The number of nitrogens with one attached hydrogen (secondary N) is 1. The number of benzene rings is 1. The second kappa shape index (κ2) is 6.08. The Labute approximate surface area is 124 Å². The third-order valence-electron chi connectivity index (χ3n) is 2.88. The molecule has 21 heavy (non-hydrogen) atoms. The molecule has 1 aliphatic rings. The SMILES string of the molecule is C=CC(Cc1ccc2c(c1)OCO2)NC(=O)OC(C)(C)C. The number of hydrogen-bond donors (Lipinski definition) is 1. The summed E-state index contributed by atoms with van der Waals surface area (Å²) in [5, 5.41) is 2.79. The van der Waals surface area contributed by atoms with Crippen LogP contribution in [0.4, 0.5) is 4.79 Å². The van der Waals surface area contributed by atoms with Crippen LogP contribution in [0.25, 0.3) is 0 Å². The smallest absolute Gasteiger partial charge is 0.408 e. The molecular formula is C16H21NO4. The molecule has 1 aromatic carbocycles. The van der Waals surface area contributed by atoms with Crippen LogP contribution < -0.4 is 14.8 Å². The molecule has 0 radical (unpaired) electrons. The number of amides is 1. The molecule has 1 heterocycles. The third-order valence-corrected chi connectivity index (χ3v) is 2.88. The van der Waals surface area contributed by atoms with Gasteiger partial charge in [0.2, 0.25) is 6.79 Å². The van der Waals surface area contributed by atoms with E-state index in [1.807, 2.05) is 39.0 Å². The summed E-state index contributed by atoms with van der Waals surface area (Å²) in [7, 11) is 0. The molecule has 0 saturated carbocycles. The molecule has 1 N–H and O–H groups in total. The van der Waals surface area contributed by atoms with Gasteiger partial charge in [0.15, 0.2) is 11.5 Å². The van der Waals surface area contributed by atoms with Gasteiger partial charge in [-0.1, -0.05) is 12.1 Å². The monoisotopic (exact) mass is 291 g/mol. The molecule has 0 spiro atoms. The van der Waals surface area contributed by atoms with Crippen LogP contribution in [-0.2, 0) is 11.2 Å². The Balaban J connectivity index is 1.96. The first-order valence-corrected chi connectivity index (χ1v) is 6.88. The maximum Gasteiger partial charge on any atom is 0.408 e. The van der Waals surface area contributed by atoms with E-state index >= 15 is 0 Å². The largest absolute Gasteiger partial charge is 0.454 e. The molecule has 0 saturated heterocycles. The van der Waals surface area contributed by atoms with Gasteiger partial charge in [0, 0.05) is 0 Å². The van der Waals surface area contributed by atoms with E-state index in [4.69, 9.17) is 14.2 Å².